The molecule has 2 nitrogen and oxygen atoms in total. The van der Waals surface area contributed by atoms with Crippen molar-refractivity contribution >= 4 is 7.37 Å². The molecule has 0 bridgehead atoms. The molecule has 0 heterocycles. The van der Waals surface area contributed by atoms with Gasteiger partial charge in [0.15, 0.2) is 0 Å². The zero-order valence-electron chi connectivity index (χ0n) is 9.57. The van der Waals surface area contributed by atoms with Crippen molar-refractivity contribution in [2.24, 2.45) is 0 Å². The summed E-state index contributed by atoms with van der Waals surface area (Å²) in [6.45, 7) is 4.77. The smallest absolute Gasteiger partial charge is 0.439 e. The van der Waals surface area contributed by atoms with E-state index in [0.29, 0.717) is 0 Å². The minimum atomic E-state index is -4.62. The molecule has 0 fully saturated rings. The second-order valence-corrected chi connectivity index (χ2v) is 6.11. The first-order valence-electron chi connectivity index (χ1n) is 4.63. The Morgan fingerprint density at radius 1 is 1.06 bits per heavy atom. The third-order valence-corrected chi connectivity index (χ3v) is 1.97. The van der Waals surface area contributed by atoms with Gasteiger partial charge < -0.3 is 4.52 Å². The summed E-state index contributed by atoms with van der Waals surface area (Å²) in [4.78, 5) is 0. The van der Waals surface area contributed by atoms with Crippen LogP contribution in [-0.2, 0) is 9.09 Å². The molecule has 0 spiro atoms. The van der Waals surface area contributed by atoms with Crippen molar-refractivity contribution in [1.29, 1.82) is 0 Å². The third kappa shape index (κ3) is 9.69. The van der Waals surface area contributed by atoms with Gasteiger partial charge in [-0.3, -0.25) is 4.57 Å². The molecular weight excluding hydrogens is 252 g/mol. The fraction of sp³-hybridized carbons (Fsp3) is 0.273. The summed E-state index contributed by atoms with van der Waals surface area (Å²) in [5, 5.41) is 0. The van der Waals surface area contributed by atoms with Crippen LogP contribution in [0.15, 0.2) is 48.7 Å². The van der Waals surface area contributed by atoms with Crippen LogP contribution in [0.1, 0.15) is 0 Å². The molecule has 0 saturated carbocycles. The Morgan fingerprint density at radius 3 is 1.47 bits per heavy atom. The molecule has 0 aliphatic carbocycles. The Bertz CT molecular complexity index is 355. The van der Waals surface area contributed by atoms with E-state index in [1.54, 1.807) is 0 Å². The summed E-state index contributed by atoms with van der Waals surface area (Å²) in [7, 11) is -3.14. The Hall–Kier alpha value is -1.22. The minimum absolute atomic E-state index is 1.09. The lowest BCUT2D eigenvalue weighted by Gasteiger charge is -2.14. The van der Waals surface area contributed by atoms with Gasteiger partial charge in [-0.1, -0.05) is 43.0 Å². The lowest BCUT2D eigenvalue weighted by atomic mass is 10.4. The van der Waals surface area contributed by atoms with Gasteiger partial charge in [-0.25, -0.2) is 0 Å². The van der Waals surface area contributed by atoms with Crippen molar-refractivity contribution in [1.82, 2.24) is 0 Å². The van der Waals surface area contributed by atoms with Gasteiger partial charge in [-0.15, -0.1) is 0 Å². The number of hydrogen-bond donors (Lipinski definition) is 0. The highest BCUT2D eigenvalue weighted by atomic mass is 31.2. The Labute approximate surface area is 98.6 Å². The molecule has 96 valence electrons. The molecule has 1 aromatic carbocycles. The average molecular weight is 266 g/mol. The molecular formula is C11H14F3O2P. The number of benzene rings is 1. The normalized spacial score (nSPS) is 11.1. The fourth-order valence-electron chi connectivity index (χ4n) is 0.702. The monoisotopic (exact) mass is 266 g/mol. The van der Waals surface area contributed by atoms with Crippen molar-refractivity contribution in [3.05, 3.63) is 48.7 Å². The van der Waals surface area contributed by atoms with Crippen LogP contribution in [0, 0.1) is 0 Å². The van der Waals surface area contributed by atoms with E-state index in [9.17, 15) is 17.7 Å². The third-order valence-electron chi connectivity index (χ3n) is 1.31. The molecule has 6 heteroatoms. The van der Waals surface area contributed by atoms with Crippen LogP contribution in [0.5, 0.6) is 0 Å². The first kappa shape index (κ1) is 15.8. The number of allylic oxidation sites excluding steroid dienone is 1. The zero-order valence-corrected chi connectivity index (χ0v) is 10.5. The summed E-state index contributed by atoms with van der Waals surface area (Å²) in [5.74, 6) is -1.41. The van der Waals surface area contributed by atoms with Gasteiger partial charge >= 0.3 is 6.18 Å². The van der Waals surface area contributed by atoms with Gasteiger partial charge in [0.2, 0.25) is 13.1 Å². The molecule has 0 amide bonds. The second kappa shape index (κ2) is 6.50. The summed E-state index contributed by atoms with van der Waals surface area (Å²) in [6, 6.07) is 12.0. The minimum Gasteiger partial charge on any atom is -0.439 e. The average Bonchev–Trinajstić information content (AvgIpc) is 2.17. The van der Waals surface area contributed by atoms with Gasteiger partial charge in [0, 0.05) is 13.3 Å². The molecule has 0 N–H and O–H groups in total. The van der Waals surface area contributed by atoms with Gasteiger partial charge in [0.05, 0.1) is 0 Å². The summed E-state index contributed by atoms with van der Waals surface area (Å²) in [6.07, 6.45) is -4.62. The standard InChI is InChI=1S/C6H6.C5H8F3O2P/c1-2-4-6-5-3-1;1-4(5(6,7)8)10-11(2,3)9/h1-6H;1H2,2-3H3. The fourth-order valence-corrected chi connectivity index (χ4v) is 1.34. The molecule has 1 aromatic rings. The van der Waals surface area contributed by atoms with E-state index in [1.165, 1.54) is 0 Å². The second-order valence-electron chi connectivity index (χ2n) is 3.42. The number of rotatable bonds is 2. The van der Waals surface area contributed by atoms with E-state index in [-0.39, 0.29) is 0 Å². The highest BCUT2D eigenvalue weighted by Gasteiger charge is 2.36. The van der Waals surface area contributed by atoms with E-state index in [0.717, 1.165) is 13.3 Å². The van der Waals surface area contributed by atoms with E-state index in [4.69, 9.17) is 0 Å². The van der Waals surface area contributed by atoms with E-state index < -0.39 is 19.3 Å². The summed E-state index contributed by atoms with van der Waals surface area (Å²) in [5.41, 5.74) is 0. The molecule has 0 aromatic heterocycles. The molecule has 1 rings (SSSR count). The van der Waals surface area contributed by atoms with Crippen LogP contribution in [0.3, 0.4) is 0 Å². The maximum absolute atomic E-state index is 11.6. The summed E-state index contributed by atoms with van der Waals surface area (Å²) >= 11 is 0. The Kier molecular flexibility index (Phi) is 6.03. The lowest BCUT2D eigenvalue weighted by molar-refractivity contribution is -0.115. The van der Waals surface area contributed by atoms with E-state index in [2.05, 4.69) is 11.1 Å². The lowest BCUT2D eigenvalue weighted by Crippen LogP contribution is -2.12. The predicted octanol–water partition coefficient (Wildman–Crippen LogP) is 4.30. The van der Waals surface area contributed by atoms with Gasteiger partial charge in [0.1, 0.15) is 0 Å². The molecule has 0 saturated heterocycles. The maximum Gasteiger partial charge on any atom is 0.448 e. The molecule has 0 radical (unpaired) electrons. The number of halogens is 3. The van der Waals surface area contributed by atoms with Crippen LogP contribution in [-0.4, -0.2) is 19.5 Å². The van der Waals surface area contributed by atoms with Gasteiger partial charge in [-0.05, 0) is 0 Å². The molecule has 0 aliphatic heterocycles. The van der Waals surface area contributed by atoms with Crippen molar-refractivity contribution in [3.63, 3.8) is 0 Å². The van der Waals surface area contributed by atoms with E-state index in [1.807, 2.05) is 36.4 Å². The summed E-state index contributed by atoms with van der Waals surface area (Å²) < 4.78 is 49.6. The first-order valence-corrected chi connectivity index (χ1v) is 7.15. The quantitative estimate of drug-likeness (QED) is 0.589. The van der Waals surface area contributed by atoms with Crippen LogP contribution in [0.4, 0.5) is 13.2 Å². The maximum atomic E-state index is 11.6. The largest absolute Gasteiger partial charge is 0.448 e. The highest BCUT2D eigenvalue weighted by molar-refractivity contribution is 7.57. The van der Waals surface area contributed by atoms with Gasteiger partial charge in [0.25, 0.3) is 0 Å². The molecule has 17 heavy (non-hydrogen) atoms. The van der Waals surface area contributed by atoms with Gasteiger partial charge in [-0.2, -0.15) is 13.2 Å². The van der Waals surface area contributed by atoms with Crippen molar-refractivity contribution < 1.29 is 22.3 Å². The molecule has 0 unspecified atom stereocenters. The van der Waals surface area contributed by atoms with Crippen molar-refractivity contribution in [2.45, 2.75) is 6.18 Å². The Morgan fingerprint density at radius 2 is 1.35 bits per heavy atom. The number of alkyl halides is 3. The zero-order chi connectivity index (χ0) is 13.5. The first-order chi connectivity index (χ1) is 7.63. The topological polar surface area (TPSA) is 26.3 Å². The van der Waals surface area contributed by atoms with Crippen LogP contribution in [0.25, 0.3) is 0 Å². The van der Waals surface area contributed by atoms with Crippen LogP contribution < -0.4 is 0 Å². The van der Waals surface area contributed by atoms with Crippen LogP contribution in [0.2, 0.25) is 0 Å². The number of hydrogen-bond acceptors (Lipinski definition) is 2. The van der Waals surface area contributed by atoms with E-state index >= 15 is 0 Å². The highest BCUT2D eigenvalue weighted by Crippen LogP contribution is 2.43. The Balaban J connectivity index is 0.000000354. The predicted molar refractivity (Wildman–Crippen MR) is 62.2 cm³/mol. The van der Waals surface area contributed by atoms with Crippen molar-refractivity contribution in [2.75, 3.05) is 13.3 Å². The van der Waals surface area contributed by atoms with Crippen molar-refractivity contribution in [3.8, 4) is 0 Å². The molecule has 0 atom stereocenters. The molecule has 0 aliphatic rings. The van der Waals surface area contributed by atoms with Crippen LogP contribution >= 0.6 is 7.37 Å². The SMILES string of the molecule is C=C(OP(C)(C)=O)C(F)(F)F.c1ccccc1.